The predicted octanol–water partition coefficient (Wildman–Crippen LogP) is 1.81. The summed E-state index contributed by atoms with van der Waals surface area (Å²) >= 11 is 0. The summed E-state index contributed by atoms with van der Waals surface area (Å²) < 4.78 is 24.9. The van der Waals surface area contributed by atoms with Gasteiger partial charge in [-0.15, -0.1) is 0 Å². The highest BCUT2D eigenvalue weighted by atomic mass is 32.2. The molecule has 1 fully saturated rings. The van der Waals surface area contributed by atoms with E-state index in [1.54, 1.807) is 18.6 Å². The predicted molar refractivity (Wildman–Crippen MR) is 139 cm³/mol. The monoisotopic (exact) mass is 507 g/mol. The normalized spacial score (nSPS) is 22.4. The molecule has 5 aliphatic heterocycles. The Morgan fingerprint density at radius 1 is 0.861 bits per heavy atom. The summed E-state index contributed by atoms with van der Waals surface area (Å²) in [6.07, 6.45) is 5.10. The van der Waals surface area contributed by atoms with Crippen LogP contribution in [0.15, 0.2) is 55.0 Å². The molecule has 10 nitrogen and oxygen atoms in total. The highest BCUT2D eigenvalue weighted by molar-refractivity contribution is 7.92. The van der Waals surface area contributed by atoms with Gasteiger partial charge in [-0.2, -0.15) is 0 Å². The Kier molecular flexibility index (Phi) is 7.21. The molecule has 1 saturated heterocycles. The lowest BCUT2D eigenvalue weighted by Crippen LogP contribution is -2.48. The van der Waals surface area contributed by atoms with Crippen LogP contribution < -0.4 is 10.6 Å². The number of carbonyl (C=O) groups is 1. The largest absolute Gasteiger partial charge is 0.353 e. The fourth-order valence-corrected chi connectivity index (χ4v) is 5.58. The molecule has 8 bridgehead atoms. The number of anilines is 3. The molecule has 2 N–H and O–H groups in total. The van der Waals surface area contributed by atoms with Gasteiger partial charge in [0.25, 0.3) is 0 Å². The van der Waals surface area contributed by atoms with Crippen molar-refractivity contribution in [2.45, 2.75) is 6.54 Å². The van der Waals surface area contributed by atoms with Crippen molar-refractivity contribution in [3.8, 4) is 11.1 Å². The quantitative estimate of drug-likeness (QED) is 0.466. The van der Waals surface area contributed by atoms with E-state index in [9.17, 15) is 13.2 Å². The molecule has 8 rings (SSSR count). The van der Waals surface area contributed by atoms with Crippen LogP contribution in [0.2, 0.25) is 0 Å². The summed E-state index contributed by atoms with van der Waals surface area (Å²) in [5.41, 5.74) is 3.86. The van der Waals surface area contributed by atoms with Crippen molar-refractivity contribution in [1.29, 1.82) is 0 Å². The van der Waals surface area contributed by atoms with Gasteiger partial charge in [-0.05, 0) is 35.4 Å². The molecule has 0 unspecified atom stereocenters. The molecule has 2 aromatic heterocycles. The van der Waals surface area contributed by atoms with E-state index in [1.807, 2.05) is 29.2 Å². The Bertz CT molecular complexity index is 1320. The number of ketones is 1. The standard InChI is InChI=1S/C25H29N7O3S/c33-23-17-32-9-7-31(8-10-32)16-19-2-1-3-22(12-19)30-24-13-20(4-5-26-24)21-14-28-25(29-15-21)27-6-11-36(34,35)18-23/h1-5,12-15H,6-11,16-18H2,(H,26,30)(H,27,28,29). The van der Waals surface area contributed by atoms with Gasteiger partial charge in [0.1, 0.15) is 11.6 Å². The molecule has 5 aliphatic rings. The van der Waals surface area contributed by atoms with Gasteiger partial charge in [0, 0.05) is 69.1 Å². The number of hydrogen-bond donors (Lipinski definition) is 2. The van der Waals surface area contributed by atoms with Crippen LogP contribution in [-0.2, 0) is 21.2 Å². The van der Waals surface area contributed by atoms with E-state index < -0.39 is 15.6 Å². The Labute approximate surface area is 210 Å². The van der Waals surface area contributed by atoms with Crippen LogP contribution in [0.25, 0.3) is 11.1 Å². The van der Waals surface area contributed by atoms with Gasteiger partial charge in [-0.25, -0.2) is 23.4 Å². The third kappa shape index (κ3) is 6.42. The number of Topliss-reactive ketones (excluding diaryl/α,β-unsaturated/α-hetero) is 1. The zero-order valence-electron chi connectivity index (χ0n) is 19.9. The van der Waals surface area contributed by atoms with Crippen LogP contribution in [-0.4, -0.2) is 89.7 Å². The molecule has 0 radical (unpaired) electrons. The number of nitrogens with zero attached hydrogens (tertiary/aromatic N) is 5. The third-order valence-electron chi connectivity index (χ3n) is 6.29. The summed E-state index contributed by atoms with van der Waals surface area (Å²) in [6, 6.07) is 12.1. The number of benzene rings is 1. The molecule has 7 heterocycles. The van der Waals surface area contributed by atoms with Crippen LogP contribution in [0, 0.1) is 0 Å². The molecule has 0 aliphatic carbocycles. The molecule has 0 atom stereocenters. The summed E-state index contributed by atoms with van der Waals surface area (Å²) in [4.78, 5) is 29.9. The number of nitrogens with one attached hydrogen (secondary N) is 2. The van der Waals surface area contributed by atoms with Gasteiger partial charge in [0.2, 0.25) is 5.95 Å². The first kappa shape index (κ1) is 24.3. The zero-order chi connectivity index (χ0) is 25.0. The first-order valence-corrected chi connectivity index (χ1v) is 13.8. The first-order chi connectivity index (χ1) is 17.4. The van der Waals surface area contributed by atoms with Gasteiger partial charge in [-0.3, -0.25) is 14.6 Å². The van der Waals surface area contributed by atoms with Crippen molar-refractivity contribution in [2.75, 3.05) is 61.4 Å². The summed E-state index contributed by atoms with van der Waals surface area (Å²) in [7, 11) is -3.52. The maximum Gasteiger partial charge on any atom is 0.222 e. The SMILES string of the molecule is O=C1CN2CCN(CC2)Cc2cccc(c2)Nc2cc(ccn2)-c2cnc(nc2)NCCS(=O)(=O)C1. The second kappa shape index (κ2) is 10.7. The van der Waals surface area contributed by atoms with Crippen molar-refractivity contribution in [1.82, 2.24) is 24.8 Å². The molecular formula is C25H29N7O3S. The zero-order valence-corrected chi connectivity index (χ0v) is 20.7. The fraction of sp³-hybridized carbons (Fsp3) is 0.360. The smallest absolute Gasteiger partial charge is 0.222 e. The van der Waals surface area contributed by atoms with Crippen LogP contribution in [0.5, 0.6) is 0 Å². The fourth-order valence-electron chi connectivity index (χ4n) is 4.44. The van der Waals surface area contributed by atoms with Crippen LogP contribution in [0.3, 0.4) is 0 Å². The summed E-state index contributed by atoms with van der Waals surface area (Å²) in [5, 5.41) is 6.32. The topological polar surface area (TPSA) is 120 Å². The van der Waals surface area contributed by atoms with Crippen molar-refractivity contribution >= 4 is 33.1 Å². The summed E-state index contributed by atoms with van der Waals surface area (Å²) in [5.74, 6) is 0.181. The molecule has 3 aromatic rings. The van der Waals surface area contributed by atoms with Gasteiger partial charge in [0.15, 0.2) is 15.6 Å². The third-order valence-corrected chi connectivity index (χ3v) is 7.88. The summed E-state index contributed by atoms with van der Waals surface area (Å²) in [6.45, 7) is 4.20. The van der Waals surface area contributed by atoms with Crippen molar-refractivity contribution in [2.24, 2.45) is 0 Å². The maximum absolute atomic E-state index is 12.5. The number of hydrogen-bond acceptors (Lipinski definition) is 10. The molecule has 11 heteroatoms. The number of sulfone groups is 1. The molecular weight excluding hydrogens is 478 g/mol. The van der Waals surface area contributed by atoms with Crippen LogP contribution in [0.1, 0.15) is 5.56 Å². The minimum Gasteiger partial charge on any atom is -0.353 e. The van der Waals surface area contributed by atoms with E-state index in [0.29, 0.717) is 11.8 Å². The van der Waals surface area contributed by atoms with Crippen molar-refractivity contribution < 1.29 is 13.2 Å². The Morgan fingerprint density at radius 3 is 2.39 bits per heavy atom. The molecule has 36 heavy (non-hydrogen) atoms. The van der Waals surface area contributed by atoms with E-state index in [4.69, 9.17) is 0 Å². The number of pyridine rings is 1. The average Bonchev–Trinajstić information content (AvgIpc) is 2.85. The minimum absolute atomic E-state index is 0.134. The lowest BCUT2D eigenvalue weighted by molar-refractivity contribution is -0.118. The minimum atomic E-state index is -3.52. The molecule has 188 valence electrons. The first-order valence-electron chi connectivity index (χ1n) is 12.0. The number of carbonyl (C=O) groups excluding carboxylic acids is 1. The highest BCUT2D eigenvalue weighted by Gasteiger charge is 2.22. The van der Waals surface area contributed by atoms with Gasteiger partial charge in [0.05, 0.1) is 12.3 Å². The molecule has 1 aromatic carbocycles. The van der Waals surface area contributed by atoms with Gasteiger partial charge in [-0.1, -0.05) is 12.1 Å². The Morgan fingerprint density at radius 2 is 1.61 bits per heavy atom. The highest BCUT2D eigenvalue weighted by Crippen LogP contribution is 2.23. The number of piperazine rings is 1. The van der Waals surface area contributed by atoms with E-state index in [-0.39, 0.29) is 24.6 Å². The molecule has 0 amide bonds. The van der Waals surface area contributed by atoms with Crippen LogP contribution >= 0.6 is 0 Å². The van der Waals surface area contributed by atoms with E-state index in [1.165, 1.54) is 5.56 Å². The van der Waals surface area contributed by atoms with Gasteiger partial charge >= 0.3 is 0 Å². The second-order valence-corrected chi connectivity index (χ2v) is 11.3. The Balaban J connectivity index is 1.39. The van der Waals surface area contributed by atoms with E-state index >= 15 is 0 Å². The average molecular weight is 508 g/mol. The van der Waals surface area contributed by atoms with Gasteiger partial charge < -0.3 is 10.6 Å². The number of aromatic nitrogens is 3. The number of rotatable bonds is 0. The molecule has 0 spiro atoms. The molecule has 0 saturated carbocycles. The van der Waals surface area contributed by atoms with Crippen LogP contribution in [0.4, 0.5) is 17.5 Å². The lowest BCUT2D eigenvalue weighted by atomic mass is 10.1. The van der Waals surface area contributed by atoms with Crippen molar-refractivity contribution in [3.05, 3.63) is 60.6 Å². The maximum atomic E-state index is 12.5. The van der Waals surface area contributed by atoms with Crippen molar-refractivity contribution in [3.63, 3.8) is 0 Å². The Hall–Kier alpha value is -3.41. The van der Waals surface area contributed by atoms with E-state index in [0.717, 1.165) is 49.5 Å². The lowest BCUT2D eigenvalue weighted by Gasteiger charge is -2.34. The van der Waals surface area contributed by atoms with E-state index in [2.05, 4.69) is 42.6 Å². The second-order valence-electron chi connectivity index (χ2n) is 9.16.